The molecule has 178 valence electrons. The molecule has 0 spiro atoms. The summed E-state index contributed by atoms with van der Waals surface area (Å²) in [6.45, 7) is 5.59. The number of fused-ring (bicyclic) bond motifs is 1. The number of rotatable bonds is 6. The largest absolute Gasteiger partial charge is 0.467 e. The van der Waals surface area contributed by atoms with Gasteiger partial charge in [-0.3, -0.25) is 14.5 Å². The van der Waals surface area contributed by atoms with Crippen LogP contribution in [0, 0.1) is 5.92 Å². The summed E-state index contributed by atoms with van der Waals surface area (Å²) < 4.78 is 11.7. The zero-order valence-electron chi connectivity index (χ0n) is 19.6. The Kier molecular flexibility index (Phi) is 6.24. The van der Waals surface area contributed by atoms with Crippen LogP contribution in [0.5, 0.6) is 0 Å². The minimum Gasteiger partial charge on any atom is -0.467 e. The lowest BCUT2D eigenvalue weighted by Gasteiger charge is -2.33. The second-order valence-electron chi connectivity index (χ2n) is 9.38. The number of amides is 2. The molecule has 0 radical (unpaired) electrons. The van der Waals surface area contributed by atoms with Gasteiger partial charge in [-0.05, 0) is 37.1 Å². The number of likely N-dealkylation sites (tertiary alicyclic amines) is 1. The van der Waals surface area contributed by atoms with Gasteiger partial charge in [0.05, 0.1) is 12.8 Å². The third-order valence-electron chi connectivity index (χ3n) is 6.56. The van der Waals surface area contributed by atoms with E-state index in [1.165, 1.54) is 0 Å². The third kappa shape index (κ3) is 4.63. The van der Waals surface area contributed by atoms with Gasteiger partial charge in [0.15, 0.2) is 5.76 Å². The molecule has 3 aromatic rings. The molecule has 5 rings (SSSR count). The number of nitrogens with zero attached hydrogens (tertiary/aromatic N) is 3. The predicted molar refractivity (Wildman–Crippen MR) is 128 cm³/mol. The molecule has 8 heteroatoms. The highest BCUT2D eigenvalue weighted by Gasteiger charge is 2.37. The molecule has 1 saturated heterocycles. The summed E-state index contributed by atoms with van der Waals surface area (Å²) in [5.74, 6) is 1.37. The van der Waals surface area contributed by atoms with E-state index in [-0.39, 0.29) is 36.4 Å². The fraction of sp³-hybridized carbons (Fsp3) is 0.423. The van der Waals surface area contributed by atoms with Crippen LogP contribution in [-0.2, 0) is 9.59 Å². The van der Waals surface area contributed by atoms with Crippen molar-refractivity contribution in [2.24, 2.45) is 11.0 Å². The fourth-order valence-electron chi connectivity index (χ4n) is 4.58. The summed E-state index contributed by atoms with van der Waals surface area (Å²) >= 11 is 0. The normalized spacial score (nSPS) is 19.7. The van der Waals surface area contributed by atoms with E-state index in [1.54, 1.807) is 11.3 Å². The summed E-state index contributed by atoms with van der Waals surface area (Å²) in [6, 6.07) is 13.4. The van der Waals surface area contributed by atoms with Crippen molar-refractivity contribution in [2.75, 3.05) is 19.6 Å². The number of carbonyl (C=O) groups excluding carboxylic acids is 2. The third-order valence-corrected chi connectivity index (χ3v) is 6.56. The summed E-state index contributed by atoms with van der Waals surface area (Å²) in [6.07, 6.45) is 3.82. The first-order valence-electron chi connectivity index (χ1n) is 11.9. The van der Waals surface area contributed by atoms with Crippen molar-refractivity contribution in [1.82, 2.24) is 15.2 Å². The van der Waals surface area contributed by atoms with Crippen molar-refractivity contribution in [3.8, 4) is 0 Å². The van der Waals surface area contributed by atoms with E-state index in [0.717, 1.165) is 42.6 Å². The molecular weight excluding hydrogens is 432 g/mol. The molecule has 4 heterocycles. The van der Waals surface area contributed by atoms with Gasteiger partial charge in [-0.1, -0.05) is 32.0 Å². The Morgan fingerprint density at radius 1 is 1.15 bits per heavy atom. The van der Waals surface area contributed by atoms with Gasteiger partial charge in [-0.15, -0.1) is 0 Å². The SMILES string of the molecule is CC(C)C(=O)NC1CCN(CC(=O)N2N=C(c3cc4ccccc4o3)CC2c2ccco2)CC1. The number of para-hydroxylation sites is 1. The summed E-state index contributed by atoms with van der Waals surface area (Å²) in [5, 5.41) is 10.4. The first kappa shape index (κ1) is 22.4. The lowest BCUT2D eigenvalue weighted by molar-refractivity contribution is -0.135. The number of benzene rings is 1. The Morgan fingerprint density at radius 2 is 1.94 bits per heavy atom. The van der Waals surface area contributed by atoms with Crippen LogP contribution >= 0.6 is 0 Å². The van der Waals surface area contributed by atoms with Gasteiger partial charge in [0, 0.05) is 36.9 Å². The molecule has 2 aliphatic heterocycles. The fourth-order valence-corrected chi connectivity index (χ4v) is 4.58. The highest BCUT2D eigenvalue weighted by molar-refractivity contribution is 6.03. The van der Waals surface area contributed by atoms with Crippen molar-refractivity contribution in [3.05, 3.63) is 60.2 Å². The summed E-state index contributed by atoms with van der Waals surface area (Å²) in [7, 11) is 0. The second kappa shape index (κ2) is 9.46. The average molecular weight is 463 g/mol. The molecule has 8 nitrogen and oxygen atoms in total. The molecule has 0 aliphatic carbocycles. The maximum Gasteiger partial charge on any atom is 0.257 e. The maximum atomic E-state index is 13.4. The monoisotopic (exact) mass is 462 g/mol. The minimum absolute atomic E-state index is 0.0212. The number of furan rings is 2. The Balaban J connectivity index is 1.28. The van der Waals surface area contributed by atoms with E-state index in [1.807, 2.05) is 56.3 Å². The van der Waals surface area contributed by atoms with Gasteiger partial charge in [-0.25, -0.2) is 5.01 Å². The van der Waals surface area contributed by atoms with Crippen LogP contribution in [0.2, 0.25) is 0 Å². The minimum atomic E-state index is -0.298. The Bertz CT molecular complexity index is 1160. The van der Waals surface area contributed by atoms with Crippen molar-refractivity contribution < 1.29 is 18.4 Å². The average Bonchev–Trinajstić information content (AvgIpc) is 3.58. The zero-order valence-corrected chi connectivity index (χ0v) is 19.6. The quantitative estimate of drug-likeness (QED) is 0.599. The Labute approximate surface area is 198 Å². The molecule has 1 N–H and O–H groups in total. The highest BCUT2D eigenvalue weighted by Crippen LogP contribution is 2.34. The van der Waals surface area contributed by atoms with Crippen LogP contribution in [0.25, 0.3) is 11.0 Å². The maximum absolute atomic E-state index is 13.4. The van der Waals surface area contributed by atoms with Gasteiger partial charge in [0.25, 0.3) is 5.91 Å². The van der Waals surface area contributed by atoms with E-state index in [4.69, 9.17) is 13.9 Å². The molecule has 1 fully saturated rings. The number of hydrogen-bond donors (Lipinski definition) is 1. The van der Waals surface area contributed by atoms with Crippen molar-refractivity contribution >= 4 is 28.5 Å². The van der Waals surface area contributed by atoms with E-state index in [9.17, 15) is 9.59 Å². The molecule has 1 aromatic carbocycles. The van der Waals surface area contributed by atoms with E-state index < -0.39 is 0 Å². The van der Waals surface area contributed by atoms with Crippen LogP contribution in [0.4, 0.5) is 0 Å². The first-order chi connectivity index (χ1) is 16.5. The second-order valence-corrected chi connectivity index (χ2v) is 9.38. The molecule has 2 amide bonds. The van der Waals surface area contributed by atoms with Gasteiger partial charge in [0.1, 0.15) is 23.1 Å². The Hall–Kier alpha value is -3.39. The van der Waals surface area contributed by atoms with Gasteiger partial charge >= 0.3 is 0 Å². The molecule has 2 aliphatic rings. The number of hydrogen-bond acceptors (Lipinski definition) is 6. The lowest BCUT2D eigenvalue weighted by atomic mass is 10.0. The lowest BCUT2D eigenvalue weighted by Crippen LogP contribution is -2.48. The Morgan fingerprint density at radius 3 is 2.65 bits per heavy atom. The number of nitrogens with one attached hydrogen (secondary N) is 1. The standard InChI is InChI=1S/C26H30N4O4/c1-17(2)26(32)27-19-9-11-29(12-10-19)16-25(31)30-21(23-8-5-13-33-23)15-20(28-30)24-14-18-6-3-4-7-22(18)34-24/h3-8,13-14,17,19,21H,9-12,15-16H2,1-2H3,(H,27,32). The molecule has 34 heavy (non-hydrogen) atoms. The van der Waals surface area contributed by atoms with Gasteiger partial charge in [-0.2, -0.15) is 5.10 Å². The van der Waals surface area contributed by atoms with Gasteiger partial charge < -0.3 is 14.2 Å². The number of carbonyl (C=O) groups is 2. The molecule has 0 saturated carbocycles. The number of piperidine rings is 1. The summed E-state index contributed by atoms with van der Waals surface area (Å²) in [5.41, 5.74) is 1.54. The van der Waals surface area contributed by atoms with Crippen LogP contribution in [0.1, 0.15) is 50.7 Å². The molecule has 0 bridgehead atoms. The zero-order chi connectivity index (χ0) is 23.7. The molecule has 1 atom stereocenters. The van der Waals surface area contributed by atoms with E-state index in [0.29, 0.717) is 17.9 Å². The van der Waals surface area contributed by atoms with Crippen molar-refractivity contribution in [1.29, 1.82) is 0 Å². The molecule has 2 aromatic heterocycles. The van der Waals surface area contributed by atoms with Gasteiger partial charge in [0.2, 0.25) is 5.91 Å². The van der Waals surface area contributed by atoms with Crippen molar-refractivity contribution in [2.45, 2.75) is 45.2 Å². The molecular formula is C26H30N4O4. The van der Waals surface area contributed by atoms with E-state index in [2.05, 4.69) is 10.2 Å². The van der Waals surface area contributed by atoms with Crippen LogP contribution in [0.3, 0.4) is 0 Å². The van der Waals surface area contributed by atoms with Crippen molar-refractivity contribution in [3.63, 3.8) is 0 Å². The van der Waals surface area contributed by atoms with Crippen LogP contribution in [-0.4, -0.2) is 53.1 Å². The van der Waals surface area contributed by atoms with Crippen LogP contribution < -0.4 is 5.32 Å². The first-order valence-corrected chi connectivity index (χ1v) is 11.9. The van der Waals surface area contributed by atoms with Crippen LogP contribution in [0.15, 0.2) is 62.7 Å². The van der Waals surface area contributed by atoms with E-state index >= 15 is 0 Å². The topological polar surface area (TPSA) is 91.3 Å². The smallest absolute Gasteiger partial charge is 0.257 e. The summed E-state index contributed by atoms with van der Waals surface area (Å²) in [4.78, 5) is 27.5. The molecule has 1 unspecified atom stereocenters. The number of hydrazone groups is 1. The predicted octanol–water partition coefficient (Wildman–Crippen LogP) is 3.94. The highest BCUT2D eigenvalue weighted by atomic mass is 16.3.